The number of allylic oxidation sites excluding steroid dienone is 3. The molecule has 0 radical (unpaired) electrons. The fourth-order valence-corrected chi connectivity index (χ4v) is 3.62. The van der Waals surface area contributed by atoms with E-state index in [1.807, 2.05) is 43.3 Å². The van der Waals surface area contributed by atoms with Crippen LogP contribution < -0.4 is 10.6 Å². The van der Waals surface area contributed by atoms with Gasteiger partial charge in [-0.2, -0.15) is 0 Å². The monoisotopic (exact) mass is 380 g/mol. The lowest BCUT2D eigenvalue weighted by atomic mass is 9.86. The summed E-state index contributed by atoms with van der Waals surface area (Å²) < 4.78 is 0. The zero-order chi connectivity index (χ0) is 20.5. The maximum absolute atomic E-state index is 9.60. The number of aromatic hydroxyl groups is 1. The summed E-state index contributed by atoms with van der Waals surface area (Å²) in [6.45, 7) is 11.4. The molecule has 3 aromatic carbocycles. The predicted molar refractivity (Wildman–Crippen MR) is 122 cm³/mol. The van der Waals surface area contributed by atoms with Crippen LogP contribution >= 0.6 is 0 Å². The molecule has 3 heteroatoms. The molecule has 3 nitrogen and oxygen atoms in total. The van der Waals surface area contributed by atoms with Crippen molar-refractivity contribution >= 4 is 22.5 Å². The van der Waals surface area contributed by atoms with Gasteiger partial charge in [-0.25, -0.2) is 0 Å². The Labute approximate surface area is 171 Å². The molecule has 3 N–H and O–H groups in total. The van der Waals surface area contributed by atoms with E-state index < -0.39 is 0 Å². The third-order valence-corrected chi connectivity index (χ3v) is 5.37. The molecule has 0 spiro atoms. The van der Waals surface area contributed by atoms with E-state index in [1.54, 1.807) is 12.1 Å². The van der Waals surface area contributed by atoms with E-state index in [0.29, 0.717) is 6.54 Å². The van der Waals surface area contributed by atoms with Crippen molar-refractivity contribution in [3.8, 4) is 5.75 Å². The number of phenols is 1. The number of nitrogens with zero attached hydrogens (tertiary/aromatic N) is 1. The molecule has 0 aromatic heterocycles. The lowest BCUT2D eigenvalue weighted by Crippen LogP contribution is -2.22. The summed E-state index contributed by atoms with van der Waals surface area (Å²) in [5.41, 5.74) is 15.1. The Kier molecular flexibility index (Phi) is 4.73. The van der Waals surface area contributed by atoms with E-state index in [0.717, 1.165) is 50.3 Å². The zero-order valence-electron chi connectivity index (χ0n) is 16.5. The Morgan fingerprint density at radius 1 is 1.03 bits per heavy atom. The van der Waals surface area contributed by atoms with Crippen molar-refractivity contribution in [3.63, 3.8) is 0 Å². The molecule has 0 unspecified atom stereocenters. The van der Waals surface area contributed by atoms with E-state index in [2.05, 4.69) is 42.5 Å². The first-order valence-electron chi connectivity index (χ1n) is 9.55. The van der Waals surface area contributed by atoms with E-state index in [4.69, 9.17) is 5.73 Å². The summed E-state index contributed by atoms with van der Waals surface area (Å²) in [6.07, 6.45) is 2.10. The van der Waals surface area contributed by atoms with Crippen LogP contribution in [0.15, 0.2) is 91.7 Å². The lowest BCUT2D eigenvalue weighted by Gasteiger charge is -2.32. The van der Waals surface area contributed by atoms with Gasteiger partial charge in [-0.1, -0.05) is 55.6 Å². The van der Waals surface area contributed by atoms with Crippen LogP contribution in [0, 0.1) is 6.92 Å². The number of aryl methyl sites for hydroxylation is 1. The lowest BCUT2D eigenvalue weighted by molar-refractivity contribution is 0.475. The van der Waals surface area contributed by atoms with Crippen molar-refractivity contribution in [2.75, 3.05) is 10.6 Å². The second-order valence-electron chi connectivity index (χ2n) is 7.39. The highest BCUT2D eigenvalue weighted by molar-refractivity contribution is 6.02. The number of anilines is 2. The minimum absolute atomic E-state index is 0.259. The number of nitrogens with two attached hydrogens (primary N) is 1. The molecule has 0 bridgehead atoms. The first-order chi connectivity index (χ1) is 13.9. The van der Waals surface area contributed by atoms with Gasteiger partial charge in [0, 0.05) is 29.6 Å². The van der Waals surface area contributed by atoms with Gasteiger partial charge in [0.15, 0.2) is 0 Å². The van der Waals surface area contributed by atoms with E-state index >= 15 is 0 Å². The van der Waals surface area contributed by atoms with Crippen molar-refractivity contribution in [2.24, 2.45) is 0 Å². The first-order valence-corrected chi connectivity index (χ1v) is 9.55. The number of hydrogen-bond acceptors (Lipinski definition) is 3. The number of fused-ring (bicyclic) bond motifs is 1. The fraction of sp³-hybridized carbons (Fsp3) is 0.0769. The summed E-state index contributed by atoms with van der Waals surface area (Å²) in [4.78, 5) is 2.18. The summed E-state index contributed by atoms with van der Waals surface area (Å²) in [5, 5.41) is 9.60. The van der Waals surface area contributed by atoms with E-state index in [1.165, 1.54) is 0 Å². The smallest absolute Gasteiger partial charge is 0.115 e. The first kappa shape index (κ1) is 18.6. The molecule has 0 atom stereocenters. The van der Waals surface area contributed by atoms with Gasteiger partial charge in [-0.15, -0.1) is 0 Å². The molecule has 29 heavy (non-hydrogen) atoms. The molecule has 1 aliphatic rings. The molecule has 0 fully saturated rings. The molecule has 0 saturated carbocycles. The highest BCUT2D eigenvalue weighted by Crippen LogP contribution is 2.43. The van der Waals surface area contributed by atoms with Gasteiger partial charge in [-0.3, -0.25) is 0 Å². The number of rotatable bonds is 4. The van der Waals surface area contributed by atoms with Crippen LogP contribution in [0.5, 0.6) is 5.75 Å². The Morgan fingerprint density at radius 3 is 2.41 bits per heavy atom. The molecular weight excluding hydrogens is 356 g/mol. The van der Waals surface area contributed by atoms with Crippen LogP contribution in [-0.4, -0.2) is 5.11 Å². The van der Waals surface area contributed by atoms with Crippen LogP contribution in [0.4, 0.5) is 11.4 Å². The highest BCUT2D eigenvalue weighted by atomic mass is 16.3. The molecular formula is C26H24N2O. The van der Waals surface area contributed by atoms with E-state index in [-0.39, 0.29) is 5.75 Å². The number of benzene rings is 3. The van der Waals surface area contributed by atoms with Gasteiger partial charge >= 0.3 is 0 Å². The third kappa shape index (κ3) is 3.55. The van der Waals surface area contributed by atoms with Gasteiger partial charge in [0.1, 0.15) is 5.75 Å². The maximum atomic E-state index is 9.60. The van der Waals surface area contributed by atoms with Crippen molar-refractivity contribution in [1.29, 1.82) is 0 Å². The standard InChI is InChI=1S/C26H24N2O/c1-17-13-23-19(3)24(18(2)21-7-5-4-6-8-21)16-28(26(23)14-25(17)27)15-20-9-11-22(29)12-10-20/h4-14,16,29H,2-3,15,27H2,1H3. The molecule has 0 aliphatic carbocycles. The predicted octanol–water partition coefficient (Wildman–Crippen LogP) is 5.91. The Balaban J connectivity index is 1.80. The highest BCUT2D eigenvalue weighted by Gasteiger charge is 2.24. The average molecular weight is 380 g/mol. The summed E-state index contributed by atoms with van der Waals surface area (Å²) in [5.74, 6) is 0.259. The van der Waals surface area contributed by atoms with Crippen LogP contribution in [0.2, 0.25) is 0 Å². The summed E-state index contributed by atoms with van der Waals surface area (Å²) >= 11 is 0. The minimum atomic E-state index is 0.259. The van der Waals surface area contributed by atoms with Gasteiger partial charge in [-0.05, 0) is 59.0 Å². The van der Waals surface area contributed by atoms with Crippen molar-refractivity contribution < 1.29 is 5.11 Å². The molecule has 3 aromatic rings. The van der Waals surface area contributed by atoms with Crippen molar-refractivity contribution in [3.05, 3.63) is 114 Å². The molecule has 0 amide bonds. The third-order valence-electron chi connectivity index (χ3n) is 5.37. The molecule has 144 valence electrons. The molecule has 0 saturated heterocycles. The Bertz CT molecular complexity index is 1130. The average Bonchev–Trinajstić information content (AvgIpc) is 2.73. The maximum Gasteiger partial charge on any atom is 0.115 e. The summed E-state index contributed by atoms with van der Waals surface area (Å²) in [6, 6.07) is 21.5. The zero-order valence-corrected chi connectivity index (χ0v) is 16.5. The van der Waals surface area contributed by atoms with E-state index in [9.17, 15) is 5.11 Å². The van der Waals surface area contributed by atoms with Gasteiger partial charge in [0.25, 0.3) is 0 Å². The van der Waals surface area contributed by atoms with Crippen molar-refractivity contribution in [2.45, 2.75) is 13.5 Å². The van der Waals surface area contributed by atoms with Gasteiger partial charge in [0.05, 0.1) is 5.69 Å². The molecule has 1 aliphatic heterocycles. The fourth-order valence-electron chi connectivity index (χ4n) is 3.62. The van der Waals surface area contributed by atoms with Crippen LogP contribution in [0.25, 0.3) is 11.1 Å². The molecule has 1 heterocycles. The van der Waals surface area contributed by atoms with Gasteiger partial charge < -0.3 is 15.7 Å². The van der Waals surface area contributed by atoms with Crippen LogP contribution in [0.3, 0.4) is 0 Å². The molecule has 4 rings (SSSR count). The SMILES string of the molecule is C=C(C1=CN(Cc2ccc(O)cc2)c2cc(N)c(C)cc2C1=C)c1ccccc1. The number of nitrogen functional groups attached to an aromatic ring is 1. The summed E-state index contributed by atoms with van der Waals surface area (Å²) in [7, 11) is 0. The van der Waals surface area contributed by atoms with Crippen LogP contribution in [0.1, 0.15) is 22.3 Å². The largest absolute Gasteiger partial charge is 0.508 e. The quantitative estimate of drug-likeness (QED) is 0.553. The van der Waals surface area contributed by atoms with Crippen LogP contribution in [-0.2, 0) is 6.54 Å². The second kappa shape index (κ2) is 7.36. The normalized spacial score (nSPS) is 13.1. The second-order valence-corrected chi connectivity index (χ2v) is 7.39. The number of hydrogen-bond donors (Lipinski definition) is 2. The Morgan fingerprint density at radius 2 is 1.72 bits per heavy atom. The van der Waals surface area contributed by atoms with Gasteiger partial charge in [0.2, 0.25) is 0 Å². The van der Waals surface area contributed by atoms with Crippen molar-refractivity contribution in [1.82, 2.24) is 0 Å². The number of phenolic OH excluding ortho intramolecular Hbond substituents is 1. The topological polar surface area (TPSA) is 49.5 Å². The Hall–Kier alpha value is -3.72. The minimum Gasteiger partial charge on any atom is -0.508 e.